The van der Waals surface area contributed by atoms with Gasteiger partial charge in [-0.2, -0.15) is 10.5 Å². The van der Waals surface area contributed by atoms with E-state index in [9.17, 15) is 0 Å². The number of allylic oxidation sites excluding steroid dienone is 2. The highest BCUT2D eigenvalue weighted by atomic mass is 15.1. The third-order valence-electron chi connectivity index (χ3n) is 1.80. The molecule has 0 N–H and O–H groups in total. The van der Waals surface area contributed by atoms with Gasteiger partial charge in [0.05, 0.1) is 0 Å². The zero-order chi connectivity index (χ0) is 12.4. The van der Waals surface area contributed by atoms with Gasteiger partial charge in [0.1, 0.15) is 17.7 Å². The third-order valence-corrected chi connectivity index (χ3v) is 1.80. The van der Waals surface area contributed by atoms with Crippen LogP contribution in [0.2, 0.25) is 0 Å². The van der Waals surface area contributed by atoms with E-state index in [1.165, 1.54) is 11.8 Å². The minimum atomic E-state index is 0.167. The van der Waals surface area contributed by atoms with E-state index in [1.54, 1.807) is 19.1 Å². The van der Waals surface area contributed by atoms with Crippen molar-refractivity contribution in [2.45, 2.75) is 6.92 Å². The lowest BCUT2D eigenvalue weighted by Gasteiger charge is -2.10. The van der Waals surface area contributed by atoms with Crippen molar-refractivity contribution in [1.29, 1.82) is 10.5 Å². The van der Waals surface area contributed by atoms with E-state index in [0.29, 0.717) is 0 Å². The Kier molecular flexibility index (Phi) is 6.94. The van der Waals surface area contributed by atoms with Crippen molar-refractivity contribution in [3.63, 3.8) is 0 Å². The zero-order valence-electron chi connectivity index (χ0n) is 9.81. The largest absolute Gasteiger partial charge is 0.378 e. The molecule has 0 heterocycles. The van der Waals surface area contributed by atoms with Gasteiger partial charge >= 0.3 is 0 Å². The fourth-order valence-electron chi connectivity index (χ4n) is 0.880. The highest BCUT2D eigenvalue weighted by Gasteiger charge is 1.87. The van der Waals surface area contributed by atoms with Crippen molar-refractivity contribution in [3.05, 3.63) is 42.0 Å². The molecule has 16 heavy (non-hydrogen) atoms. The minimum absolute atomic E-state index is 0.167. The first kappa shape index (κ1) is 13.7. The average Bonchev–Trinajstić information content (AvgIpc) is 2.33. The minimum Gasteiger partial charge on any atom is -0.378 e. The lowest BCUT2D eigenvalue weighted by atomic mass is 10.3. The second-order valence-corrected chi connectivity index (χ2v) is 3.16. The second-order valence-electron chi connectivity index (χ2n) is 3.16. The molecule has 0 bridgehead atoms. The number of nitriles is 2. The summed E-state index contributed by atoms with van der Waals surface area (Å²) in [6.07, 6.45) is 1.47. The first-order valence-electron chi connectivity index (χ1n) is 4.84. The third kappa shape index (κ3) is 5.47. The van der Waals surface area contributed by atoms with Crippen LogP contribution in [0, 0.1) is 22.7 Å². The molecule has 0 aliphatic rings. The van der Waals surface area contributed by atoms with Gasteiger partial charge in [-0.15, -0.1) is 0 Å². The fraction of sp³-hybridized carbons (Fsp3) is 0.231. The molecule has 0 unspecified atom stereocenters. The molecule has 0 saturated heterocycles. The van der Waals surface area contributed by atoms with Gasteiger partial charge < -0.3 is 4.90 Å². The molecule has 1 aromatic carbocycles. The molecule has 0 spiro atoms. The summed E-state index contributed by atoms with van der Waals surface area (Å²) in [6.45, 7) is 1.65. The molecule has 0 aliphatic carbocycles. The van der Waals surface area contributed by atoms with Gasteiger partial charge in [0.15, 0.2) is 0 Å². The number of hydrogen-bond donors (Lipinski definition) is 0. The fourth-order valence-corrected chi connectivity index (χ4v) is 0.880. The number of para-hydroxylation sites is 1. The quantitative estimate of drug-likeness (QED) is 0.674. The van der Waals surface area contributed by atoms with Crippen LogP contribution < -0.4 is 4.90 Å². The molecular formula is C13H15N3. The van der Waals surface area contributed by atoms with E-state index in [2.05, 4.69) is 17.0 Å². The molecule has 0 amide bonds. The van der Waals surface area contributed by atoms with Crippen LogP contribution in [-0.4, -0.2) is 14.1 Å². The van der Waals surface area contributed by atoms with Crippen LogP contribution in [-0.2, 0) is 0 Å². The van der Waals surface area contributed by atoms with Gasteiger partial charge in [0, 0.05) is 19.8 Å². The van der Waals surface area contributed by atoms with Crippen molar-refractivity contribution in [2.24, 2.45) is 0 Å². The summed E-state index contributed by atoms with van der Waals surface area (Å²) in [4.78, 5) is 2.08. The Balaban J connectivity index is 0.000000293. The molecule has 3 nitrogen and oxygen atoms in total. The molecule has 1 aromatic rings. The average molecular weight is 213 g/mol. The number of benzene rings is 1. The van der Waals surface area contributed by atoms with Gasteiger partial charge in [-0.1, -0.05) is 24.3 Å². The van der Waals surface area contributed by atoms with Crippen molar-refractivity contribution in [1.82, 2.24) is 0 Å². The van der Waals surface area contributed by atoms with E-state index in [0.717, 1.165) is 0 Å². The monoisotopic (exact) mass is 213 g/mol. The summed E-state index contributed by atoms with van der Waals surface area (Å²) < 4.78 is 0. The highest BCUT2D eigenvalue weighted by molar-refractivity contribution is 5.43. The number of rotatable bonds is 1. The Hall–Kier alpha value is -2.26. The van der Waals surface area contributed by atoms with Gasteiger partial charge in [-0.3, -0.25) is 0 Å². The van der Waals surface area contributed by atoms with Crippen LogP contribution in [0.5, 0.6) is 0 Å². The maximum absolute atomic E-state index is 7.99. The van der Waals surface area contributed by atoms with Crippen LogP contribution in [0.4, 0.5) is 5.69 Å². The maximum atomic E-state index is 7.99. The Morgan fingerprint density at radius 1 is 1.12 bits per heavy atom. The van der Waals surface area contributed by atoms with Crippen molar-refractivity contribution < 1.29 is 0 Å². The molecule has 1 rings (SSSR count). The van der Waals surface area contributed by atoms with Crippen LogP contribution >= 0.6 is 0 Å². The predicted molar refractivity (Wildman–Crippen MR) is 65.8 cm³/mol. The lowest BCUT2D eigenvalue weighted by molar-refractivity contribution is 1.13. The van der Waals surface area contributed by atoms with Gasteiger partial charge in [-0.05, 0) is 19.1 Å². The molecule has 0 radical (unpaired) electrons. The van der Waals surface area contributed by atoms with Crippen molar-refractivity contribution in [2.75, 3.05) is 19.0 Å². The van der Waals surface area contributed by atoms with E-state index in [-0.39, 0.29) is 5.57 Å². The Morgan fingerprint density at radius 3 is 1.81 bits per heavy atom. The van der Waals surface area contributed by atoms with Gasteiger partial charge in [-0.25, -0.2) is 0 Å². The summed E-state index contributed by atoms with van der Waals surface area (Å²) in [7, 11) is 4.07. The Morgan fingerprint density at radius 2 is 1.62 bits per heavy atom. The number of hydrogen-bond acceptors (Lipinski definition) is 3. The molecule has 0 aromatic heterocycles. The Bertz CT molecular complexity index is 389. The zero-order valence-corrected chi connectivity index (χ0v) is 9.81. The van der Waals surface area contributed by atoms with Gasteiger partial charge in [0.25, 0.3) is 0 Å². The molecule has 0 atom stereocenters. The lowest BCUT2D eigenvalue weighted by Crippen LogP contribution is -2.07. The predicted octanol–water partition coefficient (Wildman–Crippen LogP) is 2.73. The summed E-state index contributed by atoms with van der Waals surface area (Å²) in [5.41, 5.74) is 1.41. The van der Waals surface area contributed by atoms with Crippen molar-refractivity contribution >= 4 is 5.69 Å². The summed E-state index contributed by atoms with van der Waals surface area (Å²) >= 11 is 0. The summed E-state index contributed by atoms with van der Waals surface area (Å²) in [6, 6.07) is 13.7. The molecule has 0 saturated carbocycles. The standard InChI is InChI=1S/C8H11N.C5H4N2/c1-9(2)8-6-4-3-5-7-8;1-2-5(3-6)4-7/h3-7H,1-2H3;2H,1H3. The summed E-state index contributed by atoms with van der Waals surface area (Å²) in [5, 5.41) is 16.0. The topological polar surface area (TPSA) is 50.8 Å². The van der Waals surface area contributed by atoms with E-state index in [1.807, 2.05) is 32.3 Å². The SMILES string of the molecule is CC=C(C#N)C#N.CN(C)c1ccccc1. The maximum Gasteiger partial charge on any atom is 0.125 e. The first-order valence-corrected chi connectivity index (χ1v) is 4.84. The first-order chi connectivity index (χ1) is 7.65. The van der Waals surface area contributed by atoms with Crippen LogP contribution in [0.15, 0.2) is 42.0 Å². The number of anilines is 1. The van der Waals surface area contributed by atoms with Crippen molar-refractivity contribution in [3.8, 4) is 12.1 Å². The van der Waals surface area contributed by atoms with E-state index < -0.39 is 0 Å². The molecule has 0 aliphatic heterocycles. The molecular weight excluding hydrogens is 198 g/mol. The second kappa shape index (κ2) is 8.08. The van der Waals surface area contributed by atoms with Crippen LogP contribution in [0.25, 0.3) is 0 Å². The Labute approximate surface area is 96.8 Å². The van der Waals surface area contributed by atoms with E-state index in [4.69, 9.17) is 10.5 Å². The van der Waals surface area contributed by atoms with Gasteiger partial charge in [0.2, 0.25) is 0 Å². The van der Waals surface area contributed by atoms with E-state index >= 15 is 0 Å². The normalized spacial score (nSPS) is 7.56. The number of nitrogens with zero attached hydrogens (tertiary/aromatic N) is 3. The highest BCUT2D eigenvalue weighted by Crippen LogP contribution is 2.07. The molecule has 0 fully saturated rings. The van der Waals surface area contributed by atoms with Crippen LogP contribution in [0.3, 0.4) is 0 Å². The smallest absolute Gasteiger partial charge is 0.125 e. The molecule has 3 heteroatoms. The molecule has 82 valence electrons. The summed E-state index contributed by atoms with van der Waals surface area (Å²) in [5.74, 6) is 0. The van der Waals surface area contributed by atoms with Crippen LogP contribution in [0.1, 0.15) is 6.92 Å².